The maximum Gasteiger partial charge on any atom is 0.332 e. The van der Waals surface area contributed by atoms with Gasteiger partial charge in [-0.2, -0.15) is 0 Å². The summed E-state index contributed by atoms with van der Waals surface area (Å²) >= 11 is 0. The lowest BCUT2D eigenvalue weighted by atomic mass is 10.0. The van der Waals surface area contributed by atoms with Crippen molar-refractivity contribution in [2.24, 2.45) is 20.0 Å². The SMILES string of the molecule is COC(=O)C(NC(=O)CCCCCCCCCCn1c(=O)c2c(ncn2C)n(C)c1=O)C(C)C. The van der Waals surface area contributed by atoms with Crippen LogP contribution < -0.4 is 16.6 Å². The number of ether oxygens (including phenoxy) is 1. The molecular formula is C24H39N5O5. The van der Waals surface area contributed by atoms with Crippen LogP contribution in [0.5, 0.6) is 0 Å². The summed E-state index contributed by atoms with van der Waals surface area (Å²) in [4.78, 5) is 53.1. The molecule has 0 aliphatic heterocycles. The average Bonchev–Trinajstić information content (AvgIpc) is 3.20. The van der Waals surface area contributed by atoms with Crippen LogP contribution in [0.15, 0.2) is 15.9 Å². The minimum absolute atomic E-state index is 0.0175. The van der Waals surface area contributed by atoms with Gasteiger partial charge in [0.05, 0.1) is 13.4 Å². The first-order valence-electron chi connectivity index (χ1n) is 12.2. The van der Waals surface area contributed by atoms with Gasteiger partial charge in [-0.1, -0.05) is 52.4 Å². The second-order valence-corrected chi connectivity index (χ2v) is 9.22. The smallest absolute Gasteiger partial charge is 0.332 e. The third-order valence-corrected chi connectivity index (χ3v) is 6.17. The molecule has 0 aliphatic carbocycles. The van der Waals surface area contributed by atoms with Gasteiger partial charge < -0.3 is 14.6 Å². The van der Waals surface area contributed by atoms with Gasteiger partial charge in [0.15, 0.2) is 11.2 Å². The van der Waals surface area contributed by atoms with Crippen molar-refractivity contribution >= 4 is 23.0 Å². The summed E-state index contributed by atoms with van der Waals surface area (Å²) in [6.45, 7) is 4.16. The van der Waals surface area contributed by atoms with E-state index < -0.39 is 12.0 Å². The van der Waals surface area contributed by atoms with Crippen molar-refractivity contribution in [1.29, 1.82) is 0 Å². The number of rotatable bonds is 14. The van der Waals surface area contributed by atoms with E-state index in [0.717, 1.165) is 51.4 Å². The molecule has 1 atom stereocenters. The highest BCUT2D eigenvalue weighted by Gasteiger charge is 2.24. The molecule has 34 heavy (non-hydrogen) atoms. The van der Waals surface area contributed by atoms with Gasteiger partial charge in [0.2, 0.25) is 5.91 Å². The van der Waals surface area contributed by atoms with Crippen LogP contribution in [-0.2, 0) is 35.0 Å². The molecule has 0 saturated heterocycles. The molecule has 0 aliphatic rings. The normalized spacial score (nSPS) is 12.3. The van der Waals surface area contributed by atoms with E-state index in [4.69, 9.17) is 4.74 Å². The Bertz CT molecular complexity index is 1080. The van der Waals surface area contributed by atoms with Gasteiger partial charge in [0.25, 0.3) is 5.56 Å². The Labute approximate surface area is 200 Å². The molecule has 1 amide bonds. The lowest BCUT2D eigenvalue weighted by Crippen LogP contribution is -2.44. The molecule has 0 radical (unpaired) electrons. The Balaban J connectivity index is 1.61. The summed E-state index contributed by atoms with van der Waals surface area (Å²) in [6, 6.07) is -0.598. The number of esters is 1. The highest BCUT2D eigenvalue weighted by Crippen LogP contribution is 2.11. The van der Waals surface area contributed by atoms with E-state index in [0.29, 0.717) is 24.1 Å². The zero-order valence-electron chi connectivity index (χ0n) is 21.1. The second-order valence-electron chi connectivity index (χ2n) is 9.22. The van der Waals surface area contributed by atoms with Crippen LogP contribution in [0, 0.1) is 5.92 Å². The fraction of sp³-hybridized carbons (Fsp3) is 0.708. The Morgan fingerprint density at radius 2 is 1.59 bits per heavy atom. The Hall–Kier alpha value is -2.91. The van der Waals surface area contributed by atoms with E-state index >= 15 is 0 Å². The number of fused-ring (bicyclic) bond motifs is 1. The number of nitrogens with zero attached hydrogens (tertiary/aromatic N) is 4. The zero-order chi connectivity index (χ0) is 25.3. The summed E-state index contributed by atoms with van der Waals surface area (Å²) in [5.74, 6) is -0.544. The van der Waals surface area contributed by atoms with E-state index in [1.807, 2.05) is 13.8 Å². The highest BCUT2D eigenvalue weighted by molar-refractivity contribution is 5.84. The molecule has 1 unspecified atom stereocenters. The third kappa shape index (κ3) is 7.04. The van der Waals surface area contributed by atoms with Crippen molar-refractivity contribution in [3.05, 3.63) is 27.2 Å². The highest BCUT2D eigenvalue weighted by atomic mass is 16.5. The van der Waals surface area contributed by atoms with E-state index in [2.05, 4.69) is 10.3 Å². The quantitative estimate of drug-likeness (QED) is 0.329. The van der Waals surface area contributed by atoms with Crippen LogP contribution in [0.25, 0.3) is 11.2 Å². The molecule has 190 valence electrons. The monoisotopic (exact) mass is 477 g/mol. The van der Waals surface area contributed by atoms with Gasteiger partial charge >= 0.3 is 11.7 Å². The first kappa shape index (κ1) is 27.3. The molecule has 0 spiro atoms. The fourth-order valence-electron chi connectivity index (χ4n) is 4.08. The van der Waals surface area contributed by atoms with Gasteiger partial charge in [-0.05, 0) is 18.8 Å². The number of aryl methyl sites for hydroxylation is 2. The minimum atomic E-state index is -0.598. The van der Waals surface area contributed by atoms with Gasteiger partial charge in [0.1, 0.15) is 6.04 Å². The van der Waals surface area contributed by atoms with Gasteiger partial charge in [0, 0.05) is 27.1 Å². The number of nitrogens with one attached hydrogen (secondary N) is 1. The number of methoxy groups -OCH3 is 1. The minimum Gasteiger partial charge on any atom is -0.467 e. The predicted octanol–water partition coefficient (Wildman–Crippen LogP) is 2.26. The summed E-state index contributed by atoms with van der Waals surface area (Å²) in [5.41, 5.74) is 0.246. The molecular weight excluding hydrogens is 438 g/mol. The molecule has 1 N–H and O–H groups in total. The first-order chi connectivity index (χ1) is 16.2. The first-order valence-corrected chi connectivity index (χ1v) is 12.2. The van der Waals surface area contributed by atoms with E-state index in [9.17, 15) is 19.2 Å². The molecule has 2 aromatic rings. The van der Waals surface area contributed by atoms with Gasteiger partial charge in [-0.15, -0.1) is 0 Å². The van der Waals surface area contributed by atoms with Crippen LogP contribution in [0.2, 0.25) is 0 Å². The van der Waals surface area contributed by atoms with Crippen LogP contribution in [0.1, 0.15) is 71.6 Å². The number of hydrogen-bond acceptors (Lipinski definition) is 6. The number of unbranched alkanes of at least 4 members (excludes halogenated alkanes) is 7. The van der Waals surface area contributed by atoms with Crippen LogP contribution in [-0.4, -0.2) is 43.7 Å². The number of carbonyl (C=O) groups excluding carboxylic acids is 2. The van der Waals surface area contributed by atoms with Crippen molar-refractivity contribution in [3.63, 3.8) is 0 Å². The molecule has 10 nitrogen and oxygen atoms in total. The largest absolute Gasteiger partial charge is 0.467 e. The lowest BCUT2D eigenvalue weighted by molar-refractivity contribution is -0.146. The van der Waals surface area contributed by atoms with E-state index in [1.54, 1.807) is 25.0 Å². The summed E-state index contributed by atoms with van der Waals surface area (Å²) in [6.07, 6.45) is 9.69. The van der Waals surface area contributed by atoms with Crippen molar-refractivity contribution in [2.45, 2.75) is 84.2 Å². The van der Waals surface area contributed by atoms with Gasteiger partial charge in [-0.3, -0.25) is 18.7 Å². The Morgan fingerprint density at radius 1 is 1.00 bits per heavy atom. The molecule has 10 heteroatoms. The maximum atomic E-state index is 12.7. The molecule has 2 heterocycles. The van der Waals surface area contributed by atoms with E-state index in [1.165, 1.54) is 16.2 Å². The number of amides is 1. The summed E-state index contributed by atoms with van der Waals surface area (Å²) < 4.78 is 9.12. The summed E-state index contributed by atoms with van der Waals surface area (Å²) in [5, 5.41) is 2.76. The Morgan fingerprint density at radius 3 is 2.18 bits per heavy atom. The molecule has 0 saturated carbocycles. The van der Waals surface area contributed by atoms with Crippen molar-refractivity contribution < 1.29 is 14.3 Å². The van der Waals surface area contributed by atoms with E-state index in [-0.39, 0.29) is 23.1 Å². The van der Waals surface area contributed by atoms with Crippen LogP contribution >= 0.6 is 0 Å². The fourth-order valence-corrected chi connectivity index (χ4v) is 4.08. The lowest BCUT2D eigenvalue weighted by Gasteiger charge is -2.19. The van der Waals surface area contributed by atoms with Gasteiger partial charge in [-0.25, -0.2) is 14.6 Å². The molecule has 0 bridgehead atoms. The number of imidazole rings is 1. The number of aromatic nitrogens is 4. The number of carbonyl (C=O) groups is 2. The topological polar surface area (TPSA) is 117 Å². The van der Waals surface area contributed by atoms with Crippen LogP contribution in [0.4, 0.5) is 0 Å². The van der Waals surface area contributed by atoms with Crippen LogP contribution in [0.3, 0.4) is 0 Å². The number of hydrogen-bond donors (Lipinski definition) is 1. The predicted molar refractivity (Wildman–Crippen MR) is 131 cm³/mol. The second kappa shape index (κ2) is 13.1. The zero-order valence-corrected chi connectivity index (χ0v) is 21.1. The molecule has 0 aromatic carbocycles. The van der Waals surface area contributed by atoms with Crippen molar-refractivity contribution in [2.75, 3.05) is 7.11 Å². The molecule has 0 fully saturated rings. The third-order valence-electron chi connectivity index (χ3n) is 6.17. The average molecular weight is 478 g/mol. The molecule has 2 aromatic heterocycles. The summed E-state index contributed by atoms with van der Waals surface area (Å²) in [7, 11) is 4.72. The van der Waals surface area contributed by atoms with Crippen molar-refractivity contribution in [1.82, 2.24) is 24.0 Å². The standard InChI is InChI=1S/C24H39N5O5/c1-17(2)19(23(32)34-5)26-18(30)14-12-10-8-6-7-9-11-13-15-29-22(31)20-21(25-16-27(20)3)28(4)24(29)33/h16-17,19H,6-15H2,1-5H3,(H,26,30). The Kier molecular flexibility index (Phi) is 10.5. The van der Waals surface area contributed by atoms with Crippen molar-refractivity contribution in [3.8, 4) is 0 Å². The maximum absolute atomic E-state index is 12.7. The molecule has 2 rings (SSSR count).